The highest BCUT2D eigenvalue weighted by Crippen LogP contribution is 2.31. The number of benzene rings is 2. The van der Waals surface area contributed by atoms with Gasteiger partial charge in [0.05, 0.1) is 22.3 Å². The number of H-pyrrole nitrogens is 1. The van der Waals surface area contributed by atoms with Crippen molar-refractivity contribution < 1.29 is 22.7 Å². The van der Waals surface area contributed by atoms with Crippen LogP contribution in [-0.4, -0.2) is 32.3 Å². The number of aryl methyl sites for hydroxylation is 1. The van der Waals surface area contributed by atoms with Gasteiger partial charge >= 0.3 is 6.18 Å². The summed E-state index contributed by atoms with van der Waals surface area (Å²) in [5.74, 6) is -0.0703. The number of carbonyl (C=O) groups is 1. The lowest BCUT2D eigenvalue weighted by atomic mass is 10.2. The predicted molar refractivity (Wildman–Crippen MR) is 122 cm³/mol. The van der Waals surface area contributed by atoms with Gasteiger partial charge in [0.25, 0.3) is 5.91 Å². The van der Waals surface area contributed by atoms with Gasteiger partial charge in [0, 0.05) is 24.1 Å². The van der Waals surface area contributed by atoms with Crippen LogP contribution >= 0.6 is 0 Å². The molecule has 180 valence electrons. The van der Waals surface area contributed by atoms with Gasteiger partial charge in [-0.05, 0) is 56.2 Å². The first-order chi connectivity index (χ1) is 16.7. The fourth-order valence-electron chi connectivity index (χ4n) is 4.02. The molecule has 1 aliphatic heterocycles. The van der Waals surface area contributed by atoms with E-state index < -0.39 is 28.8 Å². The Balaban J connectivity index is 1.44. The number of alkyl halides is 3. The molecule has 4 aromatic rings. The number of nitrogens with zero attached hydrogens (tertiary/aromatic N) is 3. The zero-order valence-corrected chi connectivity index (χ0v) is 18.5. The van der Waals surface area contributed by atoms with Crippen molar-refractivity contribution >= 4 is 22.6 Å². The van der Waals surface area contributed by atoms with Gasteiger partial charge < -0.3 is 15.0 Å². The Hall–Kier alpha value is -3.99. The van der Waals surface area contributed by atoms with E-state index >= 15 is 0 Å². The van der Waals surface area contributed by atoms with Crippen LogP contribution in [0.25, 0.3) is 16.7 Å². The van der Waals surface area contributed by atoms with E-state index in [1.165, 1.54) is 19.1 Å². The molecule has 1 amide bonds. The summed E-state index contributed by atoms with van der Waals surface area (Å²) >= 11 is 0. The Morgan fingerprint density at radius 3 is 2.77 bits per heavy atom. The lowest BCUT2D eigenvalue weighted by molar-refractivity contribution is -0.137. The van der Waals surface area contributed by atoms with Crippen molar-refractivity contribution in [2.45, 2.75) is 32.0 Å². The van der Waals surface area contributed by atoms with Crippen LogP contribution in [0.1, 0.15) is 46.5 Å². The molecule has 5 rings (SSSR count). The minimum Gasteiger partial charge on any atom is -0.370 e. The molecule has 1 atom stereocenters. The lowest BCUT2D eigenvalue weighted by Gasteiger charge is -2.13. The zero-order valence-electron chi connectivity index (χ0n) is 18.5. The number of amides is 1. The van der Waals surface area contributed by atoms with Crippen LogP contribution in [-0.2, 0) is 10.9 Å². The van der Waals surface area contributed by atoms with Gasteiger partial charge in [0.15, 0.2) is 5.69 Å². The molecule has 0 bridgehead atoms. The van der Waals surface area contributed by atoms with E-state index in [1.54, 1.807) is 18.2 Å². The number of nitrogens with one attached hydrogen (secondary N) is 2. The molecule has 2 aromatic carbocycles. The molecule has 2 N–H and O–H groups in total. The standard InChI is InChI=1S/C24H20F3N5O3/c1-13-10-19(33)21(31-32(13)16-5-2-4-14(11-16)24(25,26)27)23(34)28-15-7-8-17-18(12-15)30-22(29-17)20-6-3-9-35-20/h2,4-5,7-8,10-12,20H,3,6,9H2,1H3,(H,28,34)(H,29,30). The molecule has 1 aliphatic rings. The molecule has 8 nitrogen and oxygen atoms in total. The monoisotopic (exact) mass is 483 g/mol. The van der Waals surface area contributed by atoms with E-state index in [-0.39, 0.29) is 17.5 Å². The van der Waals surface area contributed by atoms with Gasteiger partial charge in [-0.25, -0.2) is 9.67 Å². The van der Waals surface area contributed by atoms with Gasteiger partial charge in [-0.2, -0.15) is 18.3 Å². The number of hydrogen-bond acceptors (Lipinski definition) is 5. The molecule has 3 heterocycles. The number of aromatic nitrogens is 4. The highest BCUT2D eigenvalue weighted by Gasteiger charge is 2.30. The third-order valence-electron chi connectivity index (χ3n) is 5.73. The molecule has 35 heavy (non-hydrogen) atoms. The predicted octanol–water partition coefficient (Wildman–Crippen LogP) is 4.54. The summed E-state index contributed by atoms with van der Waals surface area (Å²) in [6.45, 7) is 2.21. The molecule has 1 fully saturated rings. The van der Waals surface area contributed by atoms with Crippen LogP contribution in [0.3, 0.4) is 0 Å². The second kappa shape index (κ2) is 8.66. The van der Waals surface area contributed by atoms with E-state index in [0.717, 1.165) is 35.7 Å². The highest BCUT2D eigenvalue weighted by atomic mass is 19.4. The number of carbonyl (C=O) groups excluding carboxylic acids is 1. The van der Waals surface area contributed by atoms with E-state index in [1.807, 2.05) is 0 Å². The van der Waals surface area contributed by atoms with Gasteiger partial charge in [0.1, 0.15) is 11.9 Å². The molecule has 0 spiro atoms. The van der Waals surface area contributed by atoms with Crippen molar-refractivity contribution in [3.05, 3.63) is 81.5 Å². The number of rotatable bonds is 4. The number of hydrogen-bond donors (Lipinski definition) is 2. The van der Waals surface area contributed by atoms with Crippen LogP contribution in [0.4, 0.5) is 18.9 Å². The lowest BCUT2D eigenvalue weighted by Crippen LogP contribution is -2.27. The first-order valence-corrected chi connectivity index (χ1v) is 10.9. The Morgan fingerprint density at radius 1 is 1.20 bits per heavy atom. The summed E-state index contributed by atoms with van der Waals surface area (Å²) in [7, 11) is 0. The molecule has 2 aromatic heterocycles. The van der Waals surface area contributed by atoms with Gasteiger partial charge in [-0.15, -0.1) is 0 Å². The van der Waals surface area contributed by atoms with E-state index in [2.05, 4.69) is 20.4 Å². The van der Waals surface area contributed by atoms with Gasteiger partial charge in [0.2, 0.25) is 5.43 Å². The Bertz CT molecular complexity index is 1490. The van der Waals surface area contributed by atoms with Crippen LogP contribution in [0.5, 0.6) is 0 Å². The summed E-state index contributed by atoms with van der Waals surface area (Å²) in [4.78, 5) is 33.1. The minimum absolute atomic E-state index is 0.0758. The van der Waals surface area contributed by atoms with E-state index in [0.29, 0.717) is 29.2 Å². The summed E-state index contributed by atoms with van der Waals surface area (Å²) in [5, 5.41) is 6.70. The Kier molecular flexibility index (Phi) is 5.64. The number of ether oxygens (including phenoxy) is 1. The maximum Gasteiger partial charge on any atom is 0.416 e. The molecule has 11 heteroatoms. The number of fused-ring (bicyclic) bond motifs is 1. The van der Waals surface area contributed by atoms with Crippen LogP contribution < -0.4 is 10.7 Å². The maximum absolute atomic E-state index is 13.1. The maximum atomic E-state index is 13.1. The Morgan fingerprint density at radius 2 is 2.03 bits per heavy atom. The molecular weight excluding hydrogens is 463 g/mol. The van der Waals surface area contributed by atoms with Gasteiger partial charge in [-0.3, -0.25) is 9.59 Å². The normalized spacial score (nSPS) is 16.1. The van der Waals surface area contributed by atoms with Gasteiger partial charge in [-0.1, -0.05) is 6.07 Å². The van der Waals surface area contributed by atoms with E-state index in [9.17, 15) is 22.8 Å². The van der Waals surface area contributed by atoms with Crippen molar-refractivity contribution in [3.8, 4) is 5.69 Å². The summed E-state index contributed by atoms with van der Waals surface area (Å²) in [6.07, 6.45) is -2.80. The smallest absolute Gasteiger partial charge is 0.370 e. The van der Waals surface area contributed by atoms with Crippen molar-refractivity contribution in [1.82, 2.24) is 19.7 Å². The quantitative estimate of drug-likeness (QED) is 0.444. The fraction of sp³-hybridized carbons (Fsp3) is 0.250. The summed E-state index contributed by atoms with van der Waals surface area (Å²) in [6, 6.07) is 10.7. The zero-order chi connectivity index (χ0) is 24.7. The average Bonchev–Trinajstić information content (AvgIpc) is 3.48. The Labute approximate surface area is 196 Å². The van der Waals surface area contributed by atoms with E-state index in [4.69, 9.17) is 4.74 Å². The first kappa shape index (κ1) is 22.8. The second-order valence-electron chi connectivity index (χ2n) is 8.27. The first-order valence-electron chi connectivity index (χ1n) is 10.9. The molecule has 0 saturated carbocycles. The molecule has 1 saturated heterocycles. The average molecular weight is 483 g/mol. The number of imidazole rings is 1. The van der Waals surface area contributed by atoms with Crippen molar-refractivity contribution in [1.29, 1.82) is 0 Å². The van der Waals surface area contributed by atoms with Crippen LogP contribution in [0.15, 0.2) is 53.3 Å². The van der Waals surface area contributed by atoms with Crippen molar-refractivity contribution in [3.63, 3.8) is 0 Å². The molecular formula is C24H20F3N5O3. The highest BCUT2D eigenvalue weighted by molar-refractivity contribution is 6.03. The largest absolute Gasteiger partial charge is 0.416 e. The third kappa shape index (κ3) is 4.54. The van der Waals surface area contributed by atoms with Crippen LogP contribution in [0.2, 0.25) is 0 Å². The molecule has 0 radical (unpaired) electrons. The summed E-state index contributed by atoms with van der Waals surface area (Å²) < 4.78 is 46.2. The van der Waals surface area contributed by atoms with Crippen LogP contribution in [0, 0.1) is 6.92 Å². The minimum atomic E-state index is -4.54. The number of anilines is 1. The fourth-order valence-corrected chi connectivity index (χ4v) is 4.02. The topological polar surface area (TPSA) is 102 Å². The van der Waals surface area contributed by atoms with Crippen molar-refractivity contribution in [2.24, 2.45) is 0 Å². The number of halogens is 3. The summed E-state index contributed by atoms with van der Waals surface area (Å²) in [5.41, 5.74) is 0.191. The second-order valence-corrected chi connectivity index (χ2v) is 8.27. The van der Waals surface area contributed by atoms with Crippen molar-refractivity contribution in [2.75, 3.05) is 11.9 Å². The number of aromatic amines is 1. The SMILES string of the molecule is Cc1cc(=O)c(C(=O)Nc2ccc3nc(C4CCCO4)[nH]c3c2)nn1-c1cccc(C(F)(F)F)c1. The molecule has 0 aliphatic carbocycles. The third-order valence-corrected chi connectivity index (χ3v) is 5.73. The molecule has 1 unspecified atom stereocenters.